The summed E-state index contributed by atoms with van der Waals surface area (Å²) in [7, 11) is -4.02. The first-order valence-corrected chi connectivity index (χ1v) is 9.02. The summed E-state index contributed by atoms with van der Waals surface area (Å²) in [6.45, 7) is 1.84. The number of nitrogens with zero attached hydrogens (tertiary/aromatic N) is 2. The van der Waals surface area contributed by atoms with Crippen molar-refractivity contribution in [3.63, 3.8) is 0 Å². The van der Waals surface area contributed by atoms with Crippen LogP contribution in [0, 0.1) is 6.92 Å². The Morgan fingerprint density at radius 2 is 1.24 bits per heavy atom. The Hall–Kier alpha value is -2.83. The lowest BCUT2D eigenvalue weighted by molar-refractivity contribution is 0.483. The minimum atomic E-state index is -4.02. The first kappa shape index (κ1) is 17.0. The molecule has 0 amide bonds. The quantitative estimate of drug-likeness (QED) is 0.413. The third-order valence-corrected chi connectivity index (χ3v) is 4.53. The van der Waals surface area contributed by atoms with Gasteiger partial charge in [0.05, 0.1) is 15.9 Å². The van der Waals surface area contributed by atoms with Crippen molar-refractivity contribution in [1.29, 1.82) is 0 Å². The Bertz CT molecular complexity index is 1070. The van der Waals surface area contributed by atoms with Gasteiger partial charge in [-0.1, -0.05) is 42.0 Å². The van der Waals surface area contributed by atoms with Crippen LogP contribution in [0.5, 0.6) is 0 Å². The SMILES string of the molecule is Cc1ccc(S(=O)(=O)O)cc1.c1cnc2c(c1)ccc1cccnc12. The number of hydrogen-bond acceptors (Lipinski definition) is 4. The van der Waals surface area contributed by atoms with E-state index in [0.29, 0.717) is 0 Å². The summed E-state index contributed by atoms with van der Waals surface area (Å²) in [5, 5.41) is 2.28. The zero-order valence-corrected chi connectivity index (χ0v) is 14.3. The molecule has 25 heavy (non-hydrogen) atoms. The molecule has 0 aliphatic heterocycles. The maximum Gasteiger partial charge on any atom is 0.294 e. The molecule has 6 heteroatoms. The maximum atomic E-state index is 10.5. The van der Waals surface area contributed by atoms with Crippen LogP contribution in [0.3, 0.4) is 0 Å². The minimum Gasteiger partial charge on any atom is -0.282 e. The Morgan fingerprint density at radius 3 is 1.68 bits per heavy atom. The lowest BCUT2D eigenvalue weighted by atomic mass is 10.1. The van der Waals surface area contributed by atoms with E-state index < -0.39 is 10.1 Å². The van der Waals surface area contributed by atoms with Crippen molar-refractivity contribution in [2.75, 3.05) is 0 Å². The summed E-state index contributed by atoms with van der Waals surface area (Å²) in [4.78, 5) is 8.63. The van der Waals surface area contributed by atoms with Crippen molar-refractivity contribution < 1.29 is 13.0 Å². The molecule has 1 N–H and O–H groups in total. The van der Waals surface area contributed by atoms with E-state index in [9.17, 15) is 8.42 Å². The molecule has 4 rings (SSSR count). The molecule has 2 heterocycles. The fourth-order valence-electron chi connectivity index (χ4n) is 2.39. The molecule has 2 aromatic heterocycles. The van der Waals surface area contributed by atoms with Crippen LogP contribution >= 0.6 is 0 Å². The number of aryl methyl sites for hydroxylation is 1. The monoisotopic (exact) mass is 352 g/mol. The number of fused-ring (bicyclic) bond motifs is 3. The van der Waals surface area contributed by atoms with Gasteiger partial charge in [0, 0.05) is 23.2 Å². The zero-order chi connectivity index (χ0) is 17.9. The largest absolute Gasteiger partial charge is 0.294 e. The highest BCUT2D eigenvalue weighted by molar-refractivity contribution is 7.85. The molecule has 0 saturated carbocycles. The van der Waals surface area contributed by atoms with Gasteiger partial charge >= 0.3 is 0 Å². The molecule has 0 saturated heterocycles. The maximum absolute atomic E-state index is 10.5. The summed E-state index contributed by atoms with van der Waals surface area (Å²) in [6, 6.07) is 18.1. The van der Waals surface area contributed by atoms with Crippen LogP contribution in [0.25, 0.3) is 21.8 Å². The second-order valence-electron chi connectivity index (χ2n) is 5.50. The second kappa shape index (κ2) is 6.96. The van der Waals surface area contributed by atoms with Crippen LogP contribution in [0.4, 0.5) is 0 Å². The van der Waals surface area contributed by atoms with Gasteiger partial charge < -0.3 is 0 Å². The minimum absolute atomic E-state index is 0.0666. The predicted octanol–water partition coefficient (Wildman–Crippen LogP) is 4.02. The van der Waals surface area contributed by atoms with E-state index in [2.05, 4.69) is 34.2 Å². The van der Waals surface area contributed by atoms with Gasteiger partial charge in [0.1, 0.15) is 0 Å². The van der Waals surface area contributed by atoms with Crippen LogP contribution in [0.15, 0.2) is 78.0 Å². The summed E-state index contributed by atoms with van der Waals surface area (Å²) in [5.74, 6) is 0. The van der Waals surface area contributed by atoms with Gasteiger partial charge in [-0.3, -0.25) is 14.5 Å². The predicted molar refractivity (Wildman–Crippen MR) is 98.0 cm³/mol. The summed E-state index contributed by atoms with van der Waals surface area (Å²) in [6.07, 6.45) is 3.60. The van der Waals surface area contributed by atoms with E-state index in [4.69, 9.17) is 4.55 Å². The fraction of sp³-hybridized carbons (Fsp3) is 0.0526. The van der Waals surface area contributed by atoms with E-state index in [0.717, 1.165) is 27.4 Å². The van der Waals surface area contributed by atoms with E-state index in [-0.39, 0.29) is 4.90 Å². The summed E-state index contributed by atoms with van der Waals surface area (Å²) in [5.41, 5.74) is 2.91. The number of rotatable bonds is 1. The Kier molecular flexibility index (Phi) is 4.74. The smallest absolute Gasteiger partial charge is 0.282 e. The van der Waals surface area contributed by atoms with Crippen molar-refractivity contribution in [2.24, 2.45) is 0 Å². The van der Waals surface area contributed by atoms with Gasteiger partial charge in [0.25, 0.3) is 10.1 Å². The average Bonchev–Trinajstić information content (AvgIpc) is 2.62. The first-order valence-electron chi connectivity index (χ1n) is 7.58. The Labute approximate surface area is 145 Å². The normalized spacial score (nSPS) is 11.1. The van der Waals surface area contributed by atoms with E-state index in [1.54, 1.807) is 24.5 Å². The van der Waals surface area contributed by atoms with Gasteiger partial charge in [-0.15, -0.1) is 0 Å². The number of aromatic nitrogens is 2. The second-order valence-corrected chi connectivity index (χ2v) is 6.93. The number of hydrogen-bond donors (Lipinski definition) is 1. The van der Waals surface area contributed by atoms with Crippen LogP contribution in [-0.2, 0) is 10.1 Å². The lowest BCUT2D eigenvalue weighted by Crippen LogP contribution is -1.96. The molecule has 0 bridgehead atoms. The van der Waals surface area contributed by atoms with Crippen LogP contribution in [-0.4, -0.2) is 22.9 Å². The van der Waals surface area contributed by atoms with Gasteiger partial charge in [0.2, 0.25) is 0 Å². The van der Waals surface area contributed by atoms with Crippen molar-refractivity contribution >= 4 is 31.9 Å². The van der Waals surface area contributed by atoms with Crippen molar-refractivity contribution in [1.82, 2.24) is 9.97 Å². The standard InChI is InChI=1S/C12H8N2.C7H8O3S/c1-3-9-5-6-10-4-2-8-14-12(10)11(9)13-7-1;1-6-2-4-7(5-3-6)11(8,9)10/h1-8H;2-5H,1H3,(H,8,9,10). The fourth-order valence-corrected chi connectivity index (χ4v) is 2.87. The average molecular weight is 352 g/mol. The van der Waals surface area contributed by atoms with Crippen LogP contribution < -0.4 is 0 Å². The molecule has 0 spiro atoms. The highest BCUT2D eigenvalue weighted by Gasteiger charge is 2.06. The topological polar surface area (TPSA) is 80.2 Å². The first-order chi connectivity index (χ1) is 11.9. The third kappa shape index (κ3) is 3.99. The number of pyridine rings is 2. The third-order valence-electron chi connectivity index (χ3n) is 3.66. The zero-order valence-electron chi connectivity index (χ0n) is 13.5. The molecule has 0 aliphatic rings. The molecule has 0 radical (unpaired) electrons. The van der Waals surface area contributed by atoms with Gasteiger partial charge in [-0.2, -0.15) is 8.42 Å². The summed E-state index contributed by atoms with van der Waals surface area (Å²) >= 11 is 0. The van der Waals surface area contributed by atoms with Crippen molar-refractivity contribution in [3.8, 4) is 0 Å². The highest BCUT2D eigenvalue weighted by atomic mass is 32.2. The molecule has 0 atom stereocenters. The molecular formula is C19H16N2O3S. The molecule has 4 aromatic rings. The van der Waals surface area contributed by atoms with Crippen molar-refractivity contribution in [3.05, 3.63) is 78.6 Å². The van der Waals surface area contributed by atoms with Crippen LogP contribution in [0.2, 0.25) is 0 Å². The highest BCUT2D eigenvalue weighted by Crippen LogP contribution is 2.20. The Morgan fingerprint density at radius 1 is 0.760 bits per heavy atom. The Balaban J connectivity index is 0.000000151. The van der Waals surface area contributed by atoms with E-state index in [1.807, 2.05) is 19.1 Å². The van der Waals surface area contributed by atoms with E-state index >= 15 is 0 Å². The molecular weight excluding hydrogens is 336 g/mol. The van der Waals surface area contributed by atoms with Crippen molar-refractivity contribution in [2.45, 2.75) is 11.8 Å². The van der Waals surface area contributed by atoms with Gasteiger partial charge in [-0.25, -0.2) is 0 Å². The van der Waals surface area contributed by atoms with Gasteiger partial charge in [0.15, 0.2) is 0 Å². The summed E-state index contributed by atoms with van der Waals surface area (Å²) < 4.78 is 29.6. The molecule has 2 aromatic carbocycles. The molecule has 0 fully saturated rings. The lowest BCUT2D eigenvalue weighted by Gasteiger charge is -2.00. The number of benzene rings is 2. The van der Waals surface area contributed by atoms with Crippen LogP contribution in [0.1, 0.15) is 5.56 Å². The molecule has 0 unspecified atom stereocenters. The van der Waals surface area contributed by atoms with Gasteiger partial charge in [-0.05, 0) is 31.2 Å². The molecule has 126 valence electrons. The molecule has 0 aliphatic carbocycles. The molecule has 5 nitrogen and oxygen atoms in total. The van der Waals surface area contributed by atoms with E-state index in [1.165, 1.54) is 12.1 Å².